The summed E-state index contributed by atoms with van der Waals surface area (Å²) >= 11 is 0. The molecule has 7 heteroatoms. The van der Waals surface area contributed by atoms with Crippen LogP contribution in [0.4, 0.5) is 10.5 Å². The molecule has 2 amide bonds. The third kappa shape index (κ3) is 4.65. The van der Waals surface area contributed by atoms with Crippen molar-refractivity contribution in [2.45, 2.75) is 19.7 Å². The summed E-state index contributed by atoms with van der Waals surface area (Å²) in [6, 6.07) is 14.7. The Balaban J connectivity index is 1.57. The van der Waals surface area contributed by atoms with E-state index >= 15 is 0 Å². The van der Waals surface area contributed by atoms with E-state index in [1.165, 1.54) is 6.33 Å². The van der Waals surface area contributed by atoms with Crippen molar-refractivity contribution < 1.29 is 9.90 Å². The lowest BCUT2D eigenvalue weighted by Crippen LogP contribution is -2.28. The van der Waals surface area contributed by atoms with Gasteiger partial charge in [-0.25, -0.2) is 14.5 Å². The van der Waals surface area contributed by atoms with E-state index in [1.807, 2.05) is 48.5 Å². The standard InChI is InChI=1S/C18H19N5O2/c24-11-16-6-2-1-5-15(16)9-20-18(25)22-17-7-3-4-14(8-17)10-23-13-19-12-21-23/h1-8,12-13,24H,9-11H2,(H2,20,22,25). The molecule has 0 saturated heterocycles. The molecule has 0 aliphatic carbocycles. The first-order chi connectivity index (χ1) is 12.2. The molecule has 3 rings (SSSR count). The van der Waals surface area contributed by atoms with Crippen molar-refractivity contribution in [1.29, 1.82) is 0 Å². The molecule has 3 aromatic rings. The van der Waals surface area contributed by atoms with Crippen molar-refractivity contribution in [3.8, 4) is 0 Å². The second-order valence-corrected chi connectivity index (χ2v) is 5.53. The van der Waals surface area contributed by atoms with Crippen LogP contribution < -0.4 is 10.6 Å². The number of anilines is 1. The van der Waals surface area contributed by atoms with Crippen LogP contribution in [0.3, 0.4) is 0 Å². The van der Waals surface area contributed by atoms with E-state index < -0.39 is 0 Å². The lowest BCUT2D eigenvalue weighted by atomic mass is 10.1. The van der Waals surface area contributed by atoms with E-state index in [4.69, 9.17) is 0 Å². The normalized spacial score (nSPS) is 10.4. The van der Waals surface area contributed by atoms with Crippen molar-refractivity contribution in [3.05, 3.63) is 77.9 Å². The van der Waals surface area contributed by atoms with Crippen LogP contribution in [0.2, 0.25) is 0 Å². The predicted molar refractivity (Wildman–Crippen MR) is 93.8 cm³/mol. The molecule has 1 heterocycles. The van der Waals surface area contributed by atoms with Crippen molar-refractivity contribution in [2.24, 2.45) is 0 Å². The number of nitrogens with one attached hydrogen (secondary N) is 2. The molecule has 7 nitrogen and oxygen atoms in total. The summed E-state index contributed by atoms with van der Waals surface area (Å²) < 4.78 is 1.71. The van der Waals surface area contributed by atoms with Crippen LogP contribution >= 0.6 is 0 Å². The highest BCUT2D eigenvalue weighted by Gasteiger charge is 2.05. The summed E-state index contributed by atoms with van der Waals surface area (Å²) in [5.74, 6) is 0. The predicted octanol–water partition coefficient (Wildman–Crippen LogP) is 2.14. The Morgan fingerprint density at radius 3 is 2.72 bits per heavy atom. The number of amides is 2. The van der Waals surface area contributed by atoms with Gasteiger partial charge in [-0.1, -0.05) is 36.4 Å². The number of benzene rings is 2. The van der Waals surface area contributed by atoms with Crippen LogP contribution in [0.25, 0.3) is 0 Å². The molecular formula is C18H19N5O2. The summed E-state index contributed by atoms with van der Waals surface area (Å²) in [6.07, 6.45) is 3.13. The van der Waals surface area contributed by atoms with Crippen molar-refractivity contribution in [3.63, 3.8) is 0 Å². The number of urea groups is 1. The van der Waals surface area contributed by atoms with Gasteiger partial charge in [0.1, 0.15) is 12.7 Å². The van der Waals surface area contributed by atoms with Gasteiger partial charge in [0, 0.05) is 12.2 Å². The molecule has 0 spiro atoms. The fourth-order valence-corrected chi connectivity index (χ4v) is 2.48. The first kappa shape index (κ1) is 16.7. The van der Waals surface area contributed by atoms with E-state index in [2.05, 4.69) is 20.7 Å². The van der Waals surface area contributed by atoms with Gasteiger partial charge in [-0.3, -0.25) is 0 Å². The average molecular weight is 337 g/mol. The second-order valence-electron chi connectivity index (χ2n) is 5.53. The number of carbonyl (C=O) groups is 1. The monoisotopic (exact) mass is 337 g/mol. The molecule has 0 aliphatic heterocycles. The number of nitrogens with zero attached hydrogens (tertiary/aromatic N) is 3. The Kier molecular flexibility index (Phi) is 5.38. The van der Waals surface area contributed by atoms with Crippen LogP contribution in [-0.4, -0.2) is 25.9 Å². The van der Waals surface area contributed by atoms with Crippen LogP contribution in [0.5, 0.6) is 0 Å². The zero-order valence-corrected chi connectivity index (χ0v) is 13.6. The molecule has 2 aromatic carbocycles. The van der Waals surface area contributed by atoms with E-state index in [0.29, 0.717) is 18.8 Å². The molecule has 1 aromatic heterocycles. The first-order valence-corrected chi connectivity index (χ1v) is 7.88. The van der Waals surface area contributed by atoms with E-state index in [0.717, 1.165) is 16.7 Å². The summed E-state index contributed by atoms with van der Waals surface area (Å²) in [5, 5.41) is 19.0. The van der Waals surface area contributed by atoms with Gasteiger partial charge in [-0.2, -0.15) is 5.10 Å². The minimum absolute atomic E-state index is 0.0518. The Labute approximate surface area is 145 Å². The Hall–Kier alpha value is -3.19. The molecule has 0 radical (unpaired) electrons. The fraction of sp³-hybridized carbons (Fsp3) is 0.167. The van der Waals surface area contributed by atoms with Gasteiger partial charge in [0.15, 0.2) is 0 Å². The van der Waals surface area contributed by atoms with E-state index in [9.17, 15) is 9.90 Å². The lowest BCUT2D eigenvalue weighted by Gasteiger charge is -2.11. The Morgan fingerprint density at radius 1 is 1.12 bits per heavy atom. The molecule has 25 heavy (non-hydrogen) atoms. The van der Waals surface area contributed by atoms with Crippen molar-refractivity contribution >= 4 is 11.7 Å². The molecule has 0 aliphatic rings. The Bertz CT molecular complexity index is 833. The van der Waals surface area contributed by atoms with Gasteiger partial charge >= 0.3 is 6.03 Å². The number of aliphatic hydroxyl groups excluding tert-OH is 1. The van der Waals surface area contributed by atoms with E-state index in [-0.39, 0.29) is 12.6 Å². The molecule has 0 atom stereocenters. The summed E-state index contributed by atoms with van der Waals surface area (Å²) in [5.41, 5.74) is 3.40. The fourth-order valence-electron chi connectivity index (χ4n) is 2.48. The highest BCUT2D eigenvalue weighted by molar-refractivity contribution is 5.89. The minimum atomic E-state index is -0.300. The second kappa shape index (κ2) is 8.07. The smallest absolute Gasteiger partial charge is 0.319 e. The third-order valence-corrected chi connectivity index (χ3v) is 3.72. The molecule has 0 unspecified atom stereocenters. The molecular weight excluding hydrogens is 318 g/mol. The highest BCUT2D eigenvalue weighted by atomic mass is 16.3. The topological polar surface area (TPSA) is 92.1 Å². The average Bonchev–Trinajstić information content (AvgIpc) is 3.13. The number of rotatable bonds is 6. The van der Waals surface area contributed by atoms with E-state index in [1.54, 1.807) is 11.0 Å². The minimum Gasteiger partial charge on any atom is -0.392 e. The number of hydrogen-bond acceptors (Lipinski definition) is 4. The van der Waals surface area contributed by atoms with Crippen molar-refractivity contribution in [2.75, 3.05) is 5.32 Å². The number of aliphatic hydroxyl groups is 1. The van der Waals surface area contributed by atoms with Crippen LogP contribution in [-0.2, 0) is 19.7 Å². The third-order valence-electron chi connectivity index (χ3n) is 3.72. The van der Waals surface area contributed by atoms with Crippen LogP contribution in [0.15, 0.2) is 61.2 Å². The maximum Gasteiger partial charge on any atom is 0.319 e. The van der Waals surface area contributed by atoms with Crippen LogP contribution in [0, 0.1) is 0 Å². The molecule has 0 bridgehead atoms. The van der Waals surface area contributed by atoms with Gasteiger partial charge in [-0.15, -0.1) is 0 Å². The lowest BCUT2D eigenvalue weighted by molar-refractivity contribution is 0.251. The molecule has 0 saturated carbocycles. The van der Waals surface area contributed by atoms with Gasteiger partial charge < -0.3 is 15.7 Å². The SMILES string of the molecule is O=C(NCc1ccccc1CO)Nc1cccc(Cn2cncn2)c1. The quantitative estimate of drug-likeness (QED) is 0.642. The summed E-state index contributed by atoms with van der Waals surface area (Å²) in [6.45, 7) is 0.881. The van der Waals surface area contributed by atoms with Gasteiger partial charge in [-0.05, 0) is 28.8 Å². The largest absolute Gasteiger partial charge is 0.392 e. The van der Waals surface area contributed by atoms with Gasteiger partial charge in [0.25, 0.3) is 0 Å². The number of aromatic nitrogens is 3. The number of carbonyl (C=O) groups excluding carboxylic acids is 1. The maximum absolute atomic E-state index is 12.1. The first-order valence-electron chi connectivity index (χ1n) is 7.88. The summed E-state index contributed by atoms with van der Waals surface area (Å²) in [4.78, 5) is 16.0. The van der Waals surface area contributed by atoms with Gasteiger partial charge in [0.05, 0.1) is 13.2 Å². The maximum atomic E-state index is 12.1. The molecule has 0 fully saturated rings. The van der Waals surface area contributed by atoms with Gasteiger partial charge in [0.2, 0.25) is 0 Å². The van der Waals surface area contributed by atoms with Crippen LogP contribution in [0.1, 0.15) is 16.7 Å². The zero-order chi connectivity index (χ0) is 17.5. The zero-order valence-electron chi connectivity index (χ0n) is 13.6. The highest BCUT2D eigenvalue weighted by Crippen LogP contribution is 2.12. The van der Waals surface area contributed by atoms with Crippen molar-refractivity contribution in [1.82, 2.24) is 20.1 Å². The molecule has 3 N–H and O–H groups in total. The number of hydrogen-bond donors (Lipinski definition) is 3. The Morgan fingerprint density at radius 2 is 1.96 bits per heavy atom. The molecule has 128 valence electrons. The summed E-state index contributed by atoms with van der Waals surface area (Å²) in [7, 11) is 0.